The van der Waals surface area contributed by atoms with Gasteiger partial charge in [0.25, 0.3) is 6.23 Å². The third-order valence-electron chi connectivity index (χ3n) is 4.80. The molecule has 3 fully saturated rings. The predicted molar refractivity (Wildman–Crippen MR) is 77.1 cm³/mol. The molecule has 4 atom stereocenters. The van der Waals surface area contributed by atoms with Crippen LogP contribution in [0.4, 0.5) is 4.79 Å². The Balaban J connectivity index is 2.22. The third-order valence-corrected chi connectivity index (χ3v) is 4.80. The van der Waals surface area contributed by atoms with Gasteiger partial charge >= 0.3 is 29.9 Å². The first-order valence-corrected chi connectivity index (χ1v) is 7.81. The maximum Gasteiger partial charge on any atom is 0.400 e. The van der Waals surface area contributed by atoms with Gasteiger partial charge in [0.1, 0.15) is 0 Å². The van der Waals surface area contributed by atoms with E-state index in [9.17, 15) is 24.3 Å². The summed E-state index contributed by atoms with van der Waals surface area (Å²) in [6.07, 6.45) is -2.17. The van der Waals surface area contributed by atoms with Gasteiger partial charge in [0.2, 0.25) is 0 Å². The summed E-state index contributed by atoms with van der Waals surface area (Å²) in [6, 6.07) is -1.03. The van der Waals surface area contributed by atoms with E-state index < -0.39 is 54.0 Å². The van der Waals surface area contributed by atoms with E-state index in [1.165, 1.54) is 11.9 Å². The van der Waals surface area contributed by atoms with Crippen LogP contribution in [-0.2, 0) is 28.6 Å². The summed E-state index contributed by atoms with van der Waals surface area (Å²) >= 11 is 0. The molecular weight excluding hydrogens is 338 g/mol. The molecule has 3 heterocycles. The topological polar surface area (TPSA) is 149 Å². The Morgan fingerprint density at radius 3 is 2.60 bits per heavy atom. The molecule has 4 unspecified atom stereocenters. The number of rotatable bonds is 1. The van der Waals surface area contributed by atoms with Crippen molar-refractivity contribution in [3.8, 4) is 0 Å². The number of nitrogens with zero attached hydrogens (tertiary/aromatic N) is 2. The maximum atomic E-state index is 12.6. The molecule has 11 heteroatoms. The molecule has 0 aromatic carbocycles. The van der Waals surface area contributed by atoms with E-state index in [1.54, 1.807) is 6.92 Å². The van der Waals surface area contributed by atoms with Crippen LogP contribution < -0.4 is 5.73 Å². The fourth-order valence-electron chi connectivity index (χ4n) is 3.46. The van der Waals surface area contributed by atoms with Crippen molar-refractivity contribution in [2.45, 2.75) is 37.5 Å². The van der Waals surface area contributed by atoms with E-state index in [4.69, 9.17) is 19.9 Å². The maximum absolute atomic E-state index is 12.6. The minimum absolute atomic E-state index is 0.00483. The highest BCUT2D eigenvalue weighted by atomic mass is 16.8. The Bertz CT molecular complexity index is 654. The lowest BCUT2D eigenvalue weighted by Crippen LogP contribution is -2.74. The molecule has 0 aromatic rings. The van der Waals surface area contributed by atoms with Crippen molar-refractivity contribution in [1.29, 1.82) is 0 Å². The smallest absolute Gasteiger partial charge is 0.400 e. The molecule has 25 heavy (non-hydrogen) atoms. The van der Waals surface area contributed by atoms with Crippen molar-refractivity contribution >= 4 is 23.9 Å². The van der Waals surface area contributed by atoms with Crippen molar-refractivity contribution < 1.29 is 38.5 Å². The van der Waals surface area contributed by atoms with E-state index in [0.717, 1.165) is 4.90 Å². The lowest BCUT2D eigenvalue weighted by molar-refractivity contribution is -0.349. The van der Waals surface area contributed by atoms with Gasteiger partial charge in [-0.15, -0.1) is 0 Å². The van der Waals surface area contributed by atoms with Gasteiger partial charge in [0, 0.05) is 13.1 Å². The molecular formula is C14H19N3O8. The number of ether oxygens (including phenoxy) is 3. The number of piperazine rings is 1. The SMILES string of the molecule is CCC1C(=O)OC23OC(=O)C1(O)CC(=O)OC2N(C)CCN3C(N)=O. The molecule has 0 radical (unpaired) electrons. The Morgan fingerprint density at radius 2 is 2.00 bits per heavy atom. The standard InChI is InChI=1S/C14H19N3O8/c1-3-7-9(19)24-14-10(16(2)4-5-17(14)12(15)21)23-8(18)6-13(7,22)11(20)25-14/h7,10,22H,3-6H2,1-2H3,(H2,15,21). The van der Waals surface area contributed by atoms with Gasteiger partial charge in [0.05, 0.1) is 12.3 Å². The van der Waals surface area contributed by atoms with Crippen LogP contribution in [0.25, 0.3) is 0 Å². The lowest BCUT2D eigenvalue weighted by atomic mass is 9.82. The van der Waals surface area contributed by atoms with Crippen LogP contribution in [0.1, 0.15) is 19.8 Å². The van der Waals surface area contributed by atoms with Crippen molar-refractivity contribution in [2.75, 3.05) is 20.1 Å². The first kappa shape index (κ1) is 17.4. The van der Waals surface area contributed by atoms with Crippen LogP contribution in [0.2, 0.25) is 0 Å². The summed E-state index contributed by atoms with van der Waals surface area (Å²) in [4.78, 5) is 51.7. The van der Waals surface area contributed by atoms with E-state index in [1.807, 2.05) is 0 Å². The monoisotopic (exact) mass is 357 g/mol. The normalized spacial score (nSPS) is 38.7. The molecule has 2 bridgehead atoms. The number of nitrogens with two attached hydrogens (primary N) is 1. The van der Waals surface area contributed by atoms with Gasteiger partial charge < -0.3 is 25.1 Å². The molecule has 3 rings (SSSR count). The number of hydrogen-bond acceptors (Lipinski definition) is 9. The first-order valence-electron chi connectivity index (χ1n) is 7.81. The molecule has 3 saturated heterocycles. The van der Waals surface area contributed by atoms with Crippen molar-refractivity contribution in [3.63, 3.8) is 0 Å². The van der Waals surface area contributed by atoms with Crippen molar-refractivity contribution in [2.24, 2.45) is 11.7 Å². The summed E-state index contributed by atoms with van der Waals surface area (Å²) in [5, 5.41) is 10.7. The zero-order valence-corrected chi connectivity index (χ0v) is 13.8. The van der Waals surface area contributed by atoms with Gasteiger partial charge in [-0.1, -0.05) is 6.92 Å². The molecule has 138 valence electrons. The zero-order valence-electron chi connectivity index (χ0n) is 13.8. The average Bonchev–Trinajstić information content (AvgIpc) is 2.54. The molecule has 3 N–H and O–H groups in total. The number of urea groups is 1. The van der Waals surface area contributed by atoms with E-state index in [-0.39, 0.29) is 19.5 Å². The van der Waals surface area contributed by atoms with Crippen molar-refractivity contribution in [1.82, 2.24) is 9.80 Å². The van der Waals surface area contributed by atoms with Crippen LogP contribution in [0.5, 0.6) is 0 Å². The number of aliphatic hydroxyl groups is 1. The Morgan fingerprint density at radius 1 is 1.32 bits per heavy atom. The third kappa shape index (κ3) is 2.34. The molecule has 1 spiro atoms. The fraction of sp³-hybridized carbons (Fsp3) is 0.714. The molecule has 0 saturated carbocycles. The molecule has 0 aromatic heterocycles. The van der Waals surface area contributed by atoms with E-state index in [2.05, 4.69) is 0 Å². The number of carbonyl (C=O) groups is 4. The highest BCUT2D eigenvalue weighted by Crippen LogP contribution is 2.42. The van der Waals surface area contributed by atoms with E-state index >= 15 is 0 Å². The minimum Gasteiger partial charge on any atom is -0.435 e. The number of amides is 2. The van der Waals surface area contributed by atoms with Crippen molar-refractivity contribution in [3.05, 3.63) is 0 Å². The van der Waals surface area contributed by atoms with E-state index in [0.29, 0.717) is 0 Å². The van der Waals surface area contributed by atoms with Gasteiger partial charge in [-0.3, -0.25) is 14.5 Å². The van der Waals surface area contributed by atoms with Gasteiger partial charge in [-0.2, -0.15) is 0 Å². The number of primary amides is 1. The van der Waals surface area contributed by atoms with Gasteiger partial charge in [0.15, 0.2) is 5.60 Å². The number of esters is 3. The predicted octanol–water partition coefficient (Wildman–Crippen LogP) is -1.90. The second-order valence-corrected chi connectivity index (χ2v) is 6.32. The summed E-state index contributed by atoms with van der Waals surface area (Å²) in [5.41, 5.74) is 2.90. The summed E-state index contributed by atoms with van der Waals surface area (Å²) in [5.74, 6) is -6.90. The first-order chi connectivity index (χ1) is 11.7. The summed E-state index contributed by atoms with van der Waals surface area (Å²) < 4.78 is 15.9. The quantitative estimate of drug-likeness (QED) is 0.513. The van der Waals surface area contributed by atoms with Gasteiger partial charge in [-0.25, -0.2) is 14.5 Å². The Kier molecular flexibility index (Phi) is 3.88. The second kappa shape index (κ2) is 5.56. The highest BCUT2D eigenvalue weighted by molar-refractivity contribution is 5.94. The molecule has 0 aliphatic carbocycles. The van der Waals surface area contributed by atoms with Crippen LogP contribution in [-0.4, -0.2) is 76.7 Å². The van der Waals surface area contributed by atoms with Crippen LogP contribution in [0.3, 0.4) is 0 Å². The van der Waals surface area contributed by atoms with Crippen LogP contribution in [0, 0.1) is 5.92 Å². The summed E-state index contributed by atoms with van der Waals surface area (Å²) in [7, 11) is 1.54. The number of carbonyl (C=O) groups excluding carboxylic acids is 4. The number of fused-ring (bicyclic) bond motifs is 2. The minimum atomic E-state index is -2.45. The molecule has 11 nitrogen and oxygen atoms in total. The highest BCUT2D eigenvalue weighted by Gasteiger charge is 2.68. The molecule has 3 aliphatic rings. The number of likely N-dealkylation sites (N-methyl/N-ethyl adjacent to an activating group) is 1. The van der Waals surface area contributed by atoms with Crippen LogP contribution >= 0.6 is 0 Å². The molecule has 3 aliphatic heterocycles. The largest absolute Gasteiger partial charge is 0.435 e. The lowest BCUT2D eigenvalue weighted by Gasteiger charge is -2.50. The van der Waals surface area contributed by atoms with Gasteiger partial charge in [-0.05, 0) is 13.5 Å². The Labute approximate surface area is 142 Å². The zero-order chi connectivity index (χ0) is 18.6. The summed E-state index contributed by atoms with van der Waals surface area (Å²) in [6.45, 7) is 1.72. The Hall–Kier alpha value is -2.40. The molecule has 2 amide bonds. The average molecular weight is 357 g/mol. The number of hydrogen-bond donors (Lipinski definition) is 2. The fourth-order valence-corrected chi connectivity index (χ4v) is 3.46. The second-order valence-electron chi connectivity index (χ2n) is 6.32. The van der Waals surface area contributed by atoms with Crippen LogP contribution in [0.15, 0.2) is 0 Å².